The molecule has 0 aliphatic carbocycles. The quantitative estimate of drug-likeness (QED) is 0.258. The van der Waals surface area contributed by atoms with E-state index in [4.69, 9.17) is 9.47 Å². The van der Waals surface area contributed by atoms with Crippen molar-refractivity contribution < 1.29 is 19.1 Å². The molecule has 0 aliphatic heterocycles. The fourth-order valence-electron chi connectivity index (χ4n) is 2.62. The first-order valence-electron chi connectivity index (χ1n) is 9.97. The number of para-hydroxylation sites is 1. The van der Waals surface area contributed by atoms with Crippen LogP contribution in [0.25, 0.3) is 6.08 Å². The van der Waals surface area contributed by atoms with Crippen LogP contribution in [-0.4, -0.2) is 25.9 Å². The molecule has 1 amide bonds. The Morgan fingerprint density at radius 2 is 1.90 bits per heavy atom. The highest BCUT2D eigenvalue weighted by molar-refractivity contribution is 6.04. The van der Waals surface area contributed by atoms with Crippen molar-refractivity contribution in [3.63, 3.8) is 0 Å². The number of unbranched alkanes of at least 4 members (excludes halogenated alkanes) is 2. The molecule has 0 radical (unpaired) electrons. The monoisotopic (exact) mass is 405 g/mol. The lowest BCUT2D eigenvalue weighted by molar-refractivity contribution is -0.111. The summed E-state index contributed by atoms with van der Waals surface area (Å²) in [5.41, 5.74) is 1.69. The van der Waals surface area contributed by atoms with Gasteiger partial charge in [0, 0.05) is 24.5 Å². The molecule has 2 rings (SSSR count). The Morgan fingerprint density at radius 3 is 2.67 bits per heavy atom. The van der Waals surface area contributed by atoms with Gasteiger partial charge in [-0.05, 0) is 42.3 Å². The molecule has 0 fully saturated rings. The number of carbonyl (C=O) groups is 2. The Labute approximate surface area is 178 Å². The Bertz CT molecular complexity index is 938. The zero-order valence-corrected chi connectivity index (χ0v) is 17.4. The van der Waals surface area contributed by atoms with E-state index in [1.807, 2.05) is 12.1 Å². The van der Waals surface area contributed by atoms with Crippen molar-refractivity contribution in [1.29, 1.82) is 0 Å². The zero-order valence-electron chi connectivity index (χ0n) is 17.4. The number of ether oxygens (including phenoxy) is 2. The number of hydrogen-bond acceptors (Lipinski definition) is 4. The lowest BCUT2D eigenvalue weighted by atomic mass is 10.1. The van der Waals surface area contributed by atoms with Crippen molar-refractivity contribution in [2.75, 3.05) is 19.0 Å². The van der Waals surface area contributed by atoms with Gasteiger partial charge in [-0.1, -0.05) is 37.5 Å². The van der Waals surface area contributed by atoms with E-state index in [0.29, 0.717) is 42.1 Å². The molecule has 2 aromatic rings. The Balaban J connectivity index is 1.94. The van der Waals surface area contributed by atoms with Crippen LogP contribution in [-0.2, 0) is 4.79 Å². The van der Waals surface area contributed by atoms with Crippen LogP contribution in [0.3, 0.4) is 0 Å². The third kappa shape index (κ3) is 7.48. The number of hydrogen-bond donors (Lipinski definition) is 1. The van der Waals surface area contributed by atoms with Crippen LogP contribution in [0.4, 0.5) is 5.69 Å². The van der Waals surface area contributed by atoms with Crippen LogP contribution in [0.1, 0.15) is 48.5 Å². The van der Waals surface area contributed by atoms with Gasteiger partial charge >= 0.3 is 0 Å². The fraction of sp³-hybridized carbons (Fsp3) is 0.280. The summed E-state index contributed by atoms with van der Waals surface area (Å²) in [5.74, 6) is 7.13. The van der Waals surface area contributed by atoms with Gasteiger partial charge in [0.1, 0.15) is 0 Å². The molecule has 30 heavy (non-hydrogen) atoms. The fourth-order valence-corrected chi connectivity index (χ4v) is 2.62. The summed E-state index contributed by atoms with van der Waals surface area (Å²) in [7, 11) is 1.57. The predicted octanol–water partition coefficient (Wildman–Crippen LogP) is 5.12. The van der Waals surface area contributed by atoms with E-state index >= 15 is 0 Å². The first-order valence-corrected chi connectivity index (χ1v) is 9.97. The van der Waals surface area contributed by atoms with Crippen molar-refractivity contribution in [3.05, 3.63) is 59.7 Å². The van der Waals surface area contributed by atoms with Crippen LogP contribution in [0.15, 0.2) is 48.5 Å². The van der Waals surface area contributed by atoms with E-state index < -0.39 is 0 Å². The Hall–Kier alpha value is -3.52. The van der Waals surface area contributed by atoms with Gasteiger partial charge in [-0.15, -0.1) is 5.92 Å². The van der Waals surface area contributed by atoms with Gasteiger partial charge in [0.2, 0.25) is 5.91 Å². The minimum absolute atomic E-state index is 0.328. The van der Waals surface area contributed by atoms with Crippen LogP contribution in [0.5, 0.6) is 11.5 Å². The molecule has 0 bridgehead atoms. The predicted molar refractivity (Wildman–Crippen MR) is 120 cm³/mol. The van der Waals surface area contributed by atoms with E-state index in [9.17, 15) is 9.59 Å². The van der Waals surface area contributed by atoms with Crippen LogP contribution >= 0.6 is 0 Å². The number of benzene rings is 2. The second kappa shape index (κ2) is 12.8. The summed E-state index contributed by atoms with van der Waals surface area (Å²) in [4.78, 5) is 23.2. The smallest absolute Gasteiger partial charge is 0.248 e. The van der Waals surface area contributed by atoms with E-state index in [2.05, 4.69) is 24.1 Å². The van der Waals surface area contributed by atoms with Gasteiger partial charge in [-0.25, -0.2) is 0 Å². The van der Waals surface area contributed by atoms with Crippen LogP contribution < -0.4 is 14.8 Å². The van der Waals surface area contributed by atoms with Crippen molar-refractivity contribution >= 4 is 24.0 Å². The highest BCUT2D eigenvalue weighted by Crippen LogP contribution is 2.28. The lowest BCUT2D eigenvalue weighted by Gasteiger charge is -2.10. The maximum absolute atomic E-state index is 12.2. The molecule has 1 N–H and O–H groups in total. The SMILES string of the molecule is CCCCC#CCCOc1ccc(/C=C/C(=O)Nc2ccccc2C=O)cc1OC. The van der Waals surface area contributed by atoms with Gasteiger partial charge < -0.3 is 14.8 Å². The Kier molecular flexibility index (Phi) is 9.75. The molecule has 0 heterocycles. The number of carbonyl (C=O) groups excluding carboxylic acids is 2. The summed E-state index contributed by atoms with van der Waals surface area (Å²) >= 11 is 0. The largest absolute Gasteiger partial charge is 0.493 e. The van der Waals surface area contributed by atoms with Gasteiger partial charge in [0.25, 0.3) is 0 Å². The summed E-state index contributed by atoms with van der Waals surface area (Å²) in [6.45, 7) is 2.64. The van der Waals surface area contributed by atoms with E-state index in [0.717, 1.165) is 24.8 Å². The third-order valence-electron chi connectivity index (χ3n) is 4.23. The molecule has 2 aromatic carbocycles. The van der Waals surface area contributed by atoms with E-state index in [1.54, 1.807) is 43.5 Å². The second-order valence-electron chi connectivity index (χ2n) is 6.49. The minimum atomic E-state index is -0.328. The maximum Gasteiger partial charge on any atom is 0.248 e. The first-order chi connectivity index (χ1) is 14.7. The van der Waals surface area contributed by atoms with Crippen LogP contribution in [0, 0.1) is 11.8 Å². The normalized spacial score (nSPS) is 10.2. The molecule has 156 valence electrons. The number of amides is 1. The van der Waals surface area contributed by atoms with E-state index in [1.165, 1.54) is 6.08 Å². The average Bonchev–Trinajstić information content (AvgIpc) is 2.77. The van der Waals surface area contributed by atoms with Crippen molar-refractivity contribution in [1.82, 2.24) is 0 Å². The van der Waals surface area contributed by atoms with Crippen molar-refractivity contribution in [2.24, 2.45) is 0 Å². The summed E-state index contributed by atoms with van der Waals surface area (Å²) < 4.78 is 11.2. The Morgan fingerprint density at radius 1 is 1.10 bits per heavy atom. The highest BCUT2D eigenvalue weighted by Gasteiger charge is 2.06. The topological polar surface area (TPSA) is 64.6 Å². The molecular weight excluding hydrogens is 378 g/mol. The minimum Gasteiger partial charge on any atom is -0.493 e. The third-order valence-corrected chi connectivity index (χ3v) is 4.23. The van der Waals surface area contributed by atoms with Gasteiger partial charge in [0.15, 0.2) is 17.8 Å². The number of methoxy groups -OCH3 is 1. The number of anilines is 1. The first kappa shape index (κ1) is 22.8. The molecule has 0 saturated heterocycles. The summed E-state index contributed by atoms with van der Waals surface area (Å²) in [6.07, 6.45) is 7.65. The molecule has 5 nitrogen and oxygen atoms in total. The summed E-state index contributed by atoms with van der Waals surface area (Å²) in [5, 5.41) is 2.70. The molecule has 0 aromatic heterocycles. The number of nitrogens with one attached hydrogen (secondary N) is 1. The van der Waals surface area contributed by atoms with Crippen molar-refractivity contribution in [3.8, 4) is 23.3 Å². The second-order valence-corrected chi connectivity index (χ2v) is 6.49. The molecule has 0 unspecified atom stereocenters. The van der Waals surface area contributed by atoms with Crippen molar-refractivity contribution in [2.45, 2.75) is 32.6 Å². The lowest BCUT2D eigenvalue weighted by Crippen LogP contribution is -2.09. The summed E-state index contributed by atoms with van der Waals surface area (Å²) in [6, 6.07) is 12.3. The molecule has 0 saturated carbocycles. The van der Waals surface area contributed by atoms with Gasteiger partial charge in [-0.3, -0.25) is 9.59 Å². The van der Waals surface area contributed by atoms with Gasteiger partial charge in [-0.2, -0.15) is 0 Å². The van der Waals surface area contributed by atoms with Gasteiger partial charge in [0.05, 0.1) is 19.4 Å². The standard InChI is InChI=1S/C25H27NO4/c1-3-4-5-6-7-10-17-30-23-15-13-20(18-24(23)29-2)14-16-25(28)26-22-12-9-8-11-21(22)19-27/h8-9,11-16,18-19H,3-5,10,17H2,1-2H3,(H,26,28)/b16-14+. The molecule has 0 spiro atoms. The van der Waals surface area contributed by atoms with E-state index in [-0.39, 0.29) is 5.91 Å². The molecular formula is C25H27NO4. The molecule has 0 aliphatic rings. The molecule has 0 atom stereocenters. The molecule has 5 heteroatoms. The average molecular weight is 405 g/mol. The van der Waals surface area contributed by atoms with Crippen LogP contribution in [0.2, 0.25) is 0 Å². The number of rotatable bonds is 10. The highest BCUT2D eigenvalue weighted by atomic mass is 16.5. The maximum atomic E-state index is 12.2. The number of aldehydes is 1. The zero-order chi connectivity index (χ0) is 21.6.